The standard InChI is InChI=1S/C14H24INO3/c1-13(2,3)19-12(17)16-6-4-14(5-7-16)8-11(9-15)18-10-14/h11H,4-10H2,1-3H3/t11-/m0/s1. The molecule has 1 atom stereocenters. The third-order valence-electron chi connectivity index (χ3n) is 3.93. The van der Waals surface area contributed by atoms with Crippen LogP contribution < -0.4 is 0 Å². The Morgan fingerprint density at radius 3 is 2.53 bits per heavy atom. The topological polar surface area (TPSA) is 38.8 Å². The van der Waals surface area contributed by atoms with Crippen molar-refractivity contribution in [3.8, 4) is 0 Å². The van der Waals surface area contributed by atoms with Crippen LogP contribution in [0.4, 0.5) is 4.79 Å². The maximum Gasteiger partial charge on any atom is 0.410 e. The zero-order valence-electron chi connectivity index (χ0n) is 12.1. The summed E-state index contributed by atoms with van der Waals surface area (Å²) in [5, 5.41) is 0. The molecule has 0 saturated carbocycles. The van der Waals surface area contributed by atoms with Gasteiger partial charge in [-0.15, -0.1) is 0 Å². The van der Waals surface area contributed by atoms with Gasteiger partial charge in [0.25, 0.3) is 0 Å². The van der Waals surface area contributed by atoms with E-state index in [1.54, 1.807) is 0 Å². The highest BCUT2D eigenvalue weighted by Gasteiger charge is 2.43. The van der Waals surface area contributed by atoms with Gasteiger partial charge in [0.2, 0.25) is 0 Å². The van der Waals surface area contributed by atoms with Gasteiger partial charge in [0, 0.05) is 17.5 Å². The Morgan fingerprint density at radius 2 is 2.05 bits per heavy atom. The zero-order chi connectivity index (χ0) is 14.1. The van der Waals surface area contributed by atoms with Gasteiger partial charge in [0.05, 0.1) is 12.7 Å². The van der Waals surface area contributed by atoms with Crippen molar-refractivity contribution in [1.82, 2.24) is 4.90 Å². The van der Waals surface area contributed by atoms with Crippen LogP contribution in [0.2, 0.25) is 0 Å². The predicted molar refractivity (Wildman–Crippen MR) is 82.7 cm³/mol. The number of rotatable bonds is 1. The molecule has 0 aromatic heterocycles. The summed E-state index contributed by atoms with van der Waals surface area (Å²) in [5.41, 5.74) is -0.0939. The Balaban J connectivity index is 1.84. The first-order valence-electron chi connectivity index (χ1n) is 6.99. The van der Waals surface area contributed by atoms with E-state index in [9.17, 15) is 4.79 Å². The van der Waals surface area contributed by atoms with E-state index in [0.29, 0.717) is 11.5 Å². The summed E-state index contributed by atoms with van der Waals surface area (Å²) in [6.07, 6.45) is 3.47. The molecule has 0 unspecified atom stereocenters. The van der Waals surface area contributed by atoms with Crippen molar-refractivity contribution in [2.45, 2.75) is 51.7 Å². The molecular formula is C14H24INO3. The molecule has 4 nitrogen and oxygen atoms in total. The minimum Gasteiger partial charge on any atom is -0.444 e. The third kappa shape index (κ3) is 3.97. The van der Waals surface area contributed by atoms with E-state index in [2.05, 4.69) is 22.6 Å². The summed E-state index contributed by atoms with van der Waals surface area (Å²) < 4.78 is 12.3. The first kappa shape index (κ1) is 15.4. The van der Waals surface area contributed by atoms with E-state index >= 15 is 0 Å². The summed E-state index contributed by atoms with van der Waals surface area (Å²) in [7, 11) is 0. The highest BCUT2D eigenvalue weighted by atomic mass is 127. The van der Waals surface area contributed by atoms with E-state index < -0.39 is 5.60 Å². The lowest BCUT2D eigenvalue weighted by atomic mass is 9.77. The highest BCUT2D eigenvalue weighted by molar-refractivity contribution is 14.1. The summed E-state index contributed by atoms with van der Waals surface area (Å²) in [4.78, 5) is 13.8. The Kier molecular flexibility index (Phi) is 4.65. The largest absolute Gasteiger partial charge is 0.444 e. The van der Waals surface area contributed by atoms with Gasteiger partial charge in [-0.3, -0.25) is 0 Å². The smallest absolute Gasteiger partial charge is 0.410 e. The van der Waals surface area contributed by atoms with Crippen molar-refractivity contribution >= 4 is 28.7 Å². The van der Waals surface area contributed by atoms with Gasteiger partial charge >= 0.3 is 6.09 Å². The van der Waals surface area contributed by atoms with E-state index in [1.165, 1.54) is 0 Å². The van der Waals surface area contributed by atoms with Crippen molar-refractivity contribution in [3.63, 3.8) is 0 Å². The SMILES string of the molecule is CC(C)(C)OC(=O)N1CCC2(CC1)CO[C@H](CI)C2. The second-order valence-electron chi connectivity index (χ2n) is 6.76. The normalized spacial score (nSPS) is 26.7. The van der Waals surface area contributed by atoms with Crippen LogP contribution in [0.1, 0.15) is 40.0 Å². The van der Waals surface area contributed by atoms with Crippen LogP contribution in [0.5, 0.6) is 0 Å². The lowest BCUT2D eigenvalue weighted by Crippen LogP contribution is -2.45. The third-order valence-corrected chi connectivity index (χ3v) is 4.92. The number of alkyl halides is 1. The van der Waals surface area contributed by atoms with Gasteiger partial charge in [-0.05, 0) is 45.4 Å². The molecule has 0 radical (unpaired) electrons. The summed E-state index contributed by atoms with van der Waals surface area (Å²) >= 11 is 2.39. The van der Waals surface area contributed by atoms with Crippen molar-refractivity contribution in [3.05, 3.63) is 0 Å². The van der Waals surface area contributed by atoms with Crippen molar-refractivity contribution in [2.24, 2.45) is 5.41 Å². The van der Waals surface area contributed by atoms with Crippen LogP contribution in [-0.2, 0) is 9.47 Å². The number of piperidine rings is 1. The molecule has 5 heteroatoms. The fourth-order valence-corrected chi connectivity index (χ4v) is 3.40. The molecule has 2 aliphatic heterocycles. The highest BCUT2D eigenvalue weighted by Crippen LogP contribution is 2.42. The molecule has 0 aliphatic carbocycles. The van der Waals surface area contributed by atoms with Crippen LogP contribution in [0.15, 0.2) is 0 Å². The molecule has 1 spiro atoms. The first-order chi connectivity index (χ1) is 8.84. The Bertz CT molecular complexity index is 332. The average molecular weight is 381 g/mol. The number of halogens is 1. The molecule has 0 aromatic rings. The molecule has 2 saturated heterocycles. The lowest BCUT2D eigenvalue weighted by molar-refractivity contribution is 0.00805. The predicted octanol–water partition coefficient (Wildman–Crippen LogP) is 3.23. The van der Waals surface area contributed by atoms with Crippen LogP contribution in [0, 0.1) is 5.41 Å². The first-order valence-corrected chi connectivity index (χ1v) is 8.52. The molecule has 1 amide bonds. The Morgan fingerprint density at radius 1 is 1.42 bits per heavy atom. The van der Waals surface area contributed by atoms with E-state index in [4.69, 9.17) is 9.47 Å². The number of amides is 1. The molecule has 2 aliphatic rings. The second-order valence-corrected chi connectivity index (χ2v) is 7.64. The molecular weight excluding hydrogens is 357 g/mol. The molecule has 0 aromatic carbocycles. The van der Waals surface area contributed by atoms with Crippen LogP contribution in [0.3, 0.4) is 0 Å². The van der Waals surface area contributed by atoms with Crippen LogP contribution in [-0.4, -0.2) is 46.8 Å². The second kappa shape index (κ2) is 5.76. The molecule has 2 fully saturated rings. The van der Waals surface area contributed by atoms with E-state index in [-0.39, 0.29) is 6.09 Å². The van der Waals surface area contributed by atoms with Crippen LogP contribution >= 0.6 is 22.6 Å². The van der Waals surface area contributed by atoms with E-state index in [0.717, 1.165) is 43.4 Å². The van der Waals surface area contributed by atoms with Crippen LogP contribution in [0.25, 0.3) is 0 Å². The number of likely N-dealkylation sites (tertiary alicyclic amines) is 1. The fourth-order valence-electron chi connectivity index (χ4n) is 2.83. The fraction of sp³-hybridized carbons (Fsp3) is 0.929. The average Bonchev–Trinajstić information content (AvgIpc) is 2.71. The lowest BCUT2D eigenvalue weighted by Gasteiger charge is -2.38. The monoisotopic (exact) mass is 381 g/mol. The number of nitrogens with zero attached hydrogens (tertiary/aromatic N) is 1. The van der Waals surface area contributed by atoms with E-state index in [1.807, 2.05) is 25.7 Å². The number of carbonyl (C=O) groups is 1. The van der Waals surface area contributed by atoms with Gasteiger partial charge in [0.15, 0.2) is 0 Å². The number of hydrogen-bond acceptors (Lipinski definition) is 3. The molecule has 110 valence electrons. The van der Waals surface area contributed by atoms with Crippen molar-refractivity contribution in [1.29, 1.82) is 0 Å². The molecule has 2 rings (SSSR count). The minimum atomic E-state index is -0.408. The Labute approximate surface area is 129 Å². The van der Waals surface area contributed by atoms with Gasteiger partial charge in [-0.2, -0.15) is 0 Å². The molecule has 19 heavy (non-hydrogen) atoms. The summed E-state index contributed by atoms with van der Waals surface area (Å²) in [6.45, 7) is 8.19. The molecule has 2 heterocycles. The van der Waals surface area contributed by atoms with Gasteiger partial charge in [-0.25, -0.2) is 4.79 Å². The van der Waals surface area contributed by atoms with Gasteiger partial charge in [-0.1, -0.05) is 22.6 Å². The minimum absolute atomic E-state index is 0.174. The summed E-state index contributed by atoms with van der Waals surface area (Å²) in [6, 6.07) is 0. The Hall–Kier alpha value is -0.0400. The van der Waals surface area contributed by atoms with Crippen molar-refractivity contribution < 1.29 is 14.3 Å². The molecule has 0 N–H and O–H groups in total. The number of ether oxygens (including phenoxy) is 2. The summed E-state index contributed by atoms with van der Waals surface area (Å²) in [5.74, 6) is 0. The maximum absolute atomic E-state index is 12.0. The number of carbonyl (C=O) groups excluding carboxylic acids is 1. The van der Waals surface area contributed by atoms with Gasteiger partial charge in [0.1, 0.15) is 5.60 Å². The zero-order valence-corrected chi connectivity index (χ0v) is 14.2. The quantitative estimate of drug-likeness (QED) is 0.517. The number of hydrogen-bond donors (Lipinski definition) is 0. The van der Waals surface area contributed by atoms with Crippen molar-refractivity contribution in [2.75, 3.05) is 24.1 Å². The van der Waals surface area contributed by atoms with Gasteiger partial charge < -0.3 is 14.4 Å². The molecule has 0 bridgehead atoms. The maximum atomic E-state index is 12.0.